The van der Waals surface area contributed by atoms with Crippen molar-refractivity contribution in [2.24, 2.45) is 0 Å². The number of ether oxygens (including phenoxy) is 1. The topological polar surface area (TPSA) is 75.6 Å². The van der Waals surface area contributed by atoms with Crippen molar-refractivity contribution >= 4 is 24.2 Å². The zero-order valence-electron chi connectivity index (χ0n) is 16.4. The summed E-state index contributed by atoms with van der Waals surface area (Å²) in [5.74, 6) is -1.11. The van der Waals surface area contributed by atoms with E-state index in [-0.39, 0.29) is 13.0 Å². The number of benzene rings is 3. The summed E-state index contributed by atoms with van der Waals surface area (Å²) in [5, 5.41) is 11.8. The van der Waals surface area contributed by atoms with E-state index in [9.17, 15) is 14.7 Å². The van der Waals surface area contributed by atoms with Gasteiger partial charge in [0.05, 0.1) is 0 Å². The van der Waals surface area contributed by atoms with Crippen molar-refractivity contribution in [3.05, 3.63) is 107 Å². The Balaban J connectivity index is 1.50. The molecule has 0 aliphatic carbocycles. The molecule has 0 aliphatic rings. The maximum Gasteiger partial charge on any atom is 0.408 e. The van der Waals surface area contributed by atoms with Crippen LogP contribution in [0.1, 0.15) is 22.3 Å². The van der Waals surface area contributed by atoms with Gasteiger partial charge < -0.3 is 15.2 Å². The molecule has 0 bridgehead atoms. The summed E-state index contributed by atoms with van der Waals surface area (Å²) in [6.45, 7) is 0.0617. The molecule has 0 heterocycles. The Morgan fingerprint density at radius 1 is 0.800 bits per heavy atom. The number of amides is 1. The fourth-order valence-electron chi connectivity index (χ4n) is 2.86. The van der Waals surface area contributed by atoms with Gasteiger partial charge in [-0.2, -0.15) is 0 Å². The number of rotatable bonds is 8. The van der Waals surface area contributed by atoms with Crippen LogP contribution in [0.15, 0.2) is 84.9 Å². The third-order valence-corrected chi connectivity index (χ3v) is 4.49. The molecule has 2 N–H and O–H groups in total. The number of alkyl carbamates (subject to hydrolysis) is 1. The highest BCUT2D eigenvalue weighted by molar-refractivity contribution is 5.80. The molecule has 3 aromatic carbocycles. The highest BCUT2D eigenvalue weighted by Gasteiger charge is 2.21. The first-order valence-electron chi connectivity index (χ1n) is 9.62. The summed E-state index contributed by atoms with van der Waals surface area (Å²) < 4.78 is 5.18. The standard InChI is InChI=1S/C25H23NO4/c27-24(28)23(17-21-9-5-2-6-10-21)26-25(29)30-18-22-15-13-20(14-16-22)12-11-19-7-3-1-4-8-19/h1-16,23H,17-18H2,(H,26,29)(H,27,28). The van der Waals surface area contributed by atoms with E-state index in [1.807, 2.05) is 97.1 Å². The number of hydrogen-bond donors (Lipinski definition) is 2. The third-order valence-electron chi connectivity index (χ3n) is 4.49. The molecule has 0 spiro atoms. The molecule has 0 fully saturated rings. The van der Waals surface area contributed by atoms with E-state index in [1.165, 1.54) is 0 Å². The van der Waals surface area contributed by atoms with E-state index < -0.39 is 18.1 Å². The highest BCUT2D eigenvalue weighted by atomic mass is 16.5. The quantitative estimate of drug-likeness (QED) is 0.533. The number of carboxylic acid groups (broad SMARTS) is 1. The average Bonchev–Trinajstić information content (AvgIpc) is 2.78. The van der Waals surface area contributed by atoms with Gasteiger partial charge in [0, 0.05) is 6.42 Å². The maximum atomic E-state index is 12.0. The first-order valence-corrected chi connectivity index (χ1v) is 9.62. The van der Waals surface area contributed by atoms with E-state index in [0.717, 1.165) is 22.3 Å². The van der Waals surface area contributed by atoms with Gasteiger partial charge in [-0.15, -0.1) is 0 Å². The number of carbonyl (C=O) groups is 2. The fraction of sp³-hybridized carbons (Fsp3) is 0.120. The Bertz CT molecular complexity index is 983. The van der Waals surface area contributed by atoms with E-state index in [1.54, 1.807) is 0 Å². The van der Waals surface area contributed by atoms with Crippen LogP contribution < -0.4 is 5.32 Å². The van der Waals surface area contributed by atoms with Gasteiger partial charge in [0.2, 0.25) is 0 Å². The van der Waals surface area contributed by atoms with E-state index >= 15 is 0 Å². The molecule has 30 heavy (non-hydrogen) atoms. The summed E-state index contributed by atoms with van der Waals surface area (Å²) in [4.78, 5) is 23.5. The average molecular weight is 401 g/mol. The summed E-state index contributed by atoms with van der Waals surface area (Å²) in [6.07, 6.45) is 3.46. The molecule has 0 radical (unpaired) electrons. The zero-order chi connectivity index (χ0) is 21.2. The summed E-state index contributed by atoms with van der Waals surface area (Å²) in [6, 6.07) is 25.7. The van der Waals surface area contributed by atoms with Crippen LogP contribution in [0.25, 0.3) is 12.2 Å². The highest BCUT2D eigenvalue weighted by Crippen LogP contribution is 2.11. The smallest absolute Gasteiger partial charge is 0.408 e. The molecule has 152 valence electrons. The largest absolute Gasteiger partial charge is 0.480 e. The van der Waals surface area contributed by atoms with Crippen LogP contribution in [-0.4, -0.2) is 23.2 Å². The van der Waals surface area contributed by atoms with Crippen molar-refractivity contribution in [3.63, 3.8) is 0 Å². The van der Waals surface area contributed by atoms with Crippen molar-refractivity contribution in [1.82, 2.24) is 5.32 Å². The van der Waals surface area contributed by atoms with Gasteiger partial charge in [0.1, 0.15) is 12.6 Å². The van der Waals surface area contributed by atoms with Crippen molar-refractivity contribution in [3.8, 4) is 0 Å². The van der Waals surface area contributed by atoms with Crippen molar-refractivity contribution in [2.75, 3.05) is 0 Å². The predicted octanol–water partition coefficient (Wildman–Crippen LogP) is 4.78. The van der Waals surface area contributed by atoms with Crippen LogP contribution in [0, 0.1) is 0 Å². The van der Waals surface area contributed by atoms with Crippen molar-refractivity contribution < 1.29 is 19.4 Å². The molecule has 3 aromatic rings. The molecule has 1 amide bonds. The maximum absolute atomic E-state index is 12.0. The Morgan fingerprint density at radius 3 is 1.97 bits per heavy atom. The van der Waals surface area contributed by atoms with E-state index in [4.69, 9.17) is 4.74 Å². The van der Waals surface area contributed by atoms with Gasteiger partial charge in [-0.3, -0.25) is 0 Å². The first-order chi connectivity index (χ1) is 14.6. The molecule has 5 heteroatoms. The lowest BCUT2D eigenvalue weighted by Gasteiger charge is -2.14. The molecule has 1 atom stereocenters. The normalized spacial score (nSPS) is 11.7. The van der Waals surface area contributed by atoms with Gasteiger partial charge in [-0.05, 0) is 22.3 Å². The van der Waals surface area contributed by atoms with Gasteiger partial charge >= 0.3 is 12.1 Å². The Hall–Kier alpha value is -3.86. The summed E-state index contributed by atoms with van der Waals surface area (Å²) in [7, 11) is 0. The lowest BCUT2D eigenvalue weighted by molar-refractivity contribution is -0.139. The molecular formula is C25H23NO4. The second-order valence-electron chi connectivity index (χ2n) is 6.79. The molecule has 0 aliphatic heterocycles. The monoisotopic (exact) mass is 401 g/mol. The molecular weight excluding hydrogens is 378 g/mol. The number of carboxylic acids is 1. The number of nitrogens with one attached hydrogen (secondary N) is 1. The number of aliphatic carboxylic acids is 1. The first kappa shape index (κ1) is 20.9. The van der Waals surface area contributed by atoms with Crippen LogP contribution in [0.4, 0.5) is 4.79 Å². The lowest BCUT2D eigenvalue weighted by atomic mass is 10.1. The van der Waals surface area contributed by atoms with Gasteiger partial charge in [0.25, 0.3) is 0 Å². The fourth-order valence-corrected chi connectivity index (χ4v) is 2.86. The van der Waals surface area contributed by atoms with Gasteiger partial charge in [-0.25, -0.2) is 9.59 Å². The summed E-state index contributed by atoms with van der Waals surface area (Å²) >= 11 is 0. The van der Waals surface area contributed by atoms with Crippen LogP contribution >= 0.6 is 0 Å². The zero-order valence-corrected chi connectivity index (χ0v) is 16.4. The predicted molar refractivity (Wildman–Crippen MR) is 117 cm³/mol. The second-order valence-corrected chi connectivity index (χ2v) is 6.79. The van der Waals surface area contributed by atoms with Gasteiger partial charge in [-0.1, -0.05) is 97.1 Å². The molecule has 1 unspecified atom stereocenters. The minimum absolute atomic E-state index is 0.0617. The SMILES string of the molecule is O=C(NC(Cc1ccccc1)C(=O)O)OCc1ccc(C=Cc2ccccc2)cc1. The minimum atomic E-state index is -1.11. The van der Waals surface area contributed by atoms with Crippen LogP contribution in [0.3, 0.4) is 0 Å². The third kappa shape index (κ3) is 6.63. The minimum Gasteiger partial charge on any atom is -0.480 e. The van der Waals surface area contributed by atoms with E-state index in [2.05, 4.69) is 5.32 Å². The second kappa shape index (κ2) is 10.6. The van der Waals surface area contributed by atoms with Crippen molar-refractivity contribution in [2.45, 2.75) is 19.1 Å². The molecule has 0 aromatic heterocycles. The summed E-state index contributed by atoms with van der Waals surface area (Å²) in [5.41, 5.74) is 3.78. The molecule has 3 rings (SSSR count). The lowest BCUT2D eigenvalue weighted by Crippen LogP contribution is -2.42. The van der Waals surface area contributed by atoms with Crippen LogP contribution in [-0.2, 0) is 22.6 Å². The van der Waals surface area contributed by atoms with Crippen LogP contribution in [0.5, 0.6) is 0 Å². The Labute approximate surface area is 175 Å². The Morgan fingerprint density at radius 2 is 1.37 bits per heavy atom. The van der Waals surface area contributed by atoms with Crippen molar-refractivity contribution in [1.29, 1.82) is 0 Å². The van der Waals surface area contributed by atoms with Crippen LogP contribution in [0.2, 0.25) is 0 Å². The molecule has 5 nitrogen and oxygen atoms in total. The Kier molecular flexibility index (Phi) is 7.39. The number of hydrogen-bond acceptors (Lipinski definition) is 3. The van der Waals surface area contributed by atoms with E-state index in [0.29, 0.717) is 0 Å². The van der Waals surface area contributed by atoms with Gasteiger partial charge in [0.15, 0.2) is 0 Å². The molecule has 0 saturated carbocycles. The number of carbonyl (C=O) groups excluding carboxylic acids is 1. The molecule has 0 saturated heterocycles.